The number of rotatable bonds is 11. The number of aryl methyl sites for hydroxylation is 1. The standard InChI is InChI=1S/C21H28O5S.K/c1-2-3-4-5-6-7-9-12-17-15-18(22)16-20(21(17)27(23,24)25)26-19-13-10-8-11-14-19;/h8,10-11,13-16,22H,2-7,9,12H2,1H3,(H,23,24,25);/q;+1/p-1. The Morgan fingerprint density at radius 1 is 0.964 bits per heavy atom. The first-order valence-electron chi connectivity index (χ1n) is 9.46. The second-order valence-electron chi connectivity index (χ2n) is 6.67. The molecule has 0 aromatic heterocycles. The van der Waals surface area contributed by atoms with Crippen molar-refractivity contribution in [2.75, 3.05) is 0 Å². The van der Waals surface area contributed by atoms with Crippen LogP contribution in [0.5, 0.6) is 17.2 Å². The molecule has 7 heteroatoms. The third kappa shape index (κ3) is 8.53. The van der Waals surface area contributed by atoms with E-state index in [1.165, 1.54) is 25.3 Å². The van der Waals surface area contributed by atoms with Gasteiger partial charge in [0.2, 0.25) is 0 Å². The van der Waals surface area contributed by atoms with Gasteiger partial charge in [0.15, 0.2) is 0 Å². The summed E-state index contributed by atoms with van der Waals surface area (Å²) >= 11 is 0. The topological polar surface area (TPSA) is 86.7 Å². The molecule has 0 amide bonds. The van der Waals surface area contributed by atoms with Crippen molar-refractivity contribution in [2.45, 2.75) is 63.2 Å². The van der Waals surface area contributed by atoms with Gasteiger partial charge < -0.3 is 9.84 Å². The number of benzene rings is 2. The van der Waals surface area contributed by atoms with E-state index in [1.54, 1.807) is 30.3 Å². The number of unbranched alkanes of at least 4 members (excludes halogenated alkanes) is 6. The van der Waals surface area contributed by atoms with E-state index in [0.717, 1.165) is 31.7 Å². The predicted octanol–water partition coefficient (Wildman–Crippen LogP) is 2.10. The largest absolute Gasteiger partial charge is 1.00 e. The van der Waals surface area contributed by atoms with Gasteiger partial charge in [0, 0.05) is 0 Å². The van der Waals surface area contributed by atoms with E-state index in [-0.39, 0.29) is 67.8 Å². The molecule has 1 N–H and O–H groups in total. The molecule has 0 aliphatic heterocycles. The Balaban J connectivity index is 0.00000392. The summed E-state index contributed by atoms with van der Waals surface area (Å²) in [6.45, 7) is 2.17. The second kappa shape index (κ2) is 13.0. The molecule has 2 aromatic rings. The Morgan fingerprint density at radius 2 is 1.57 bits per heavy atom. The third-order valence-electron chi connectivity index (χ3n) is 4.38. The smallest absolute Gasteiger partial charge is 0.872 e. The van der Waals surface area contributed by atoms with E-state index in [9.17, 15) is 18.1 Å². The van der Waals surface area contributed by atoms with Crippen LogP contribution in [0, 0.1) is 0 Å². The fourth-order valence-electron chi connectivity index (χ4n) is 3.07. The minimum atomic E-state index is -4.52. The summed E-state index contributed by atoms with van der Waals surface area (Å²) in [6, 6.07) is 11.0. The monoisotopic (exact) mass is 430 g/mol. The number of hydrogen-bond donors (Lipinski definition) is 1. The van der Waals surface area contributed by atoms with E-state index < -0.39 is 10.1 Å². The van der Waals surface area contributed by atoms with Gasteiger partial charge in [-0.15, -0.1) is 5.75 Å². The molecule has 0 aliphatic rings. The van der Waals surface area contributed by atoms with Crippen molar-refractivity contribution in [2.24, 2.45) is 0 Å². The molecule has 0 radical (unpaired) electrons. The molecule has 2 aromatic carbocycles. The van der Waals surface area contributed by atoms with Crippen molar-refractivity contribution in [3.63, 3.8) is 0 Å². The van der Waals surface area contributed by atoms with E-state index in [4.69, 9.17) is 4.74 Å². The van der Waals surface area contributed by atoms with Gasteiger partial charge in [-0.3, -0.25) is 4.55 Å². The van der Waals surface area contributed by atoms with Gasteiger partial charge in [-0.05, 0) is 36.6 Å². The molecule has 0 saturated carbocycles. The normalized spacial score (nSPS) is 11.1. The Morgan fingerprint density at radius 3 is 2.18 bits per heavy atom. The zero-order valence-electron chi connectivity index (χ0n) is 16.7. The van der Waals surface area contributed by atoms with Crippen LogP contribution >= 0.6 is 0 Å². The van der Waals surface area contributed by atoms with E-state index >= 15 is 0 Å². The Kier molecular flexibility index (Phi) is 11.9. The van der Waals surface area contributed by atoms with Crippen molar-refractivity contribution in [1.29, 1.82) is 0 Å². The molecule has 2 rings (SSSR count). The summed E-state index contributed by atoms with van der Waals surface area (Å²) in [5.74, 6) is -0.0738. The molecule has 148 valence electrons. The number of ether oxygens (including phenoxy) is 1. The maximum atomic E-state index is 12.0. The summed E-state index contributed by atoms with van der Waals surface area (Å²) in [5.41, 5.74) is 0.310. The van der Waals surface area contributed by atoms with Gasteiger partial charge in [-0.2, -0.15) is 8.42 Å². The zero-order chi connectivity index (χ0) is 19.7. The van der Waals surface area contributed by atoms with Gasteiger partial charge in [-0.25, -0.2) is 0 Å². The van der Waals surface area contributed by atoms with Crippen LogP contribution in [0.15, 0.2) is 47.4 Å². The number of hydrogen-bond acceptors (Lipinski definition) is 4. The van der Waals surface area contributed by atoms with Crippen molar-refractivity contribution >= 4 is 10.1 Å². The fourth-order valence-corrected chi connectivity index (χ4v) is 3.92. The molecule has 28 heavy (non-hydrogen) atoms. The molecule has 5 nitrogen and oxygen atoms in total. The van der Waals surface area contributed by atoms with Crippen LogP contribution in [0.2, 0.25) is 0 Å². The Labute approximate surface area is 210 Å². The zero-order valence-corrected chi connectivity index (χ0v) is 20.6. The summed E-state index contributed by atoms with van der Waals surface area (Å²) in [7, 11) is -4.52. The van der Waals surface area contributed by atoms with Crippen LogP contribution in [-0.4, -0.2) is 13.0 Å². The first-order chi connectivity index (χ1) is 12.9. The van der Waals surface area contributed by atoms with Gasteiger partial charge in [0.25, 0.3) is 10.1 Å². The SMILES string of the molecule is CCCCCCCCCc1cc([O-])cc(Oc2ccccc2)c1S(=O)(=O)O.[K+]. The molecule has 0 aliphatic carbocycles. The maximum Gasteiger partial charge on any atom is 1.00 e. The summed E-state index contributed by atoms with van der Waals surface area (Å²) in [4.78, 5) is -0.308. The summed E-state index contributed by atoms with van der Waals surface area (Å²) in [6.07, 6.45) is 7.97. The van der Waals surface area contributed by atoms with E-state index in [2.05, 4.69) is 6.92 Å². The number of para-hydroxylation sites is 1. The molecule has 0 heterocycles. The van der Waals surface area contributed by atoms with Crippen LogP contribution < -0.4 is 61.2 Å². The minimum Gasteiger partial charge on any atom is -0.872 e. The average molecular weight is 431 g/mol. The Bertz CT molecular complexity index is 822. The predicted molar refractivity (Wildman–Crippen MR) is 104 cm³/mol. The van der Waals surface area contributed by atoms with Crippen molar-refractivity contribution in [1.82, 2.24) is 0 Å². The molecule has 0 fully saturated rings. The molecule has 0 atom stereocenters. The molecule has 0 saturated heterocycles. The van der Waals surface area contributed by atoms with Crippen molar-refractivity contribution in [3.8, 4) is 17.2 Å². The Hall–Kier alpha value is -0.414. The summed E-state index contributed by atoms with van der Waals surface area (Å²) < 4.78 is 39.2. The van der Waals surface area contributed by atoms with E-state index in [0.29, 0.717) is 17.7 Å². The fraction of sp³-hybridized carbons (Fsp3) is 0.429. The minimum absolute atomic E-state index is 0. The first kappa shape index (κ1) is 25.6. The molecular formula is C21H27KO5S. The van der Waals surface area contributed by atoms with Crippen molar-refractivity contribution in [3.05, 3.63) is 48.0 Å². The van der Waals surface area contributed by atoms with Crippen LogP contribution in [0.1, 0.15) is 57.4 Å². The quantitative estimate of drug-likeness (QED) is 0.335. The first-order valence-corrected chi connectivity index (χ1v) is 10.9. The molecular weight excluding hydrogens is 403 g/mol. The van der Waals surface area contributed by atoms with E-state index in [1.807, 2.05) is 0 Å². The van der Waals surface area contributed by atoms with Crippen LogP contribution in [0.3, 0.4) is 0 Å². The molecule has 0 unspecified atom stereocenters. The van der Waals surface area contributed by atoms with Gasteiger partial charge >= 0.3 is 51.4 Å². The van der Waals surface area contributed by atoms with Crippen molar-refractivity contribution < 1.29 is 74.2 Å². The van der Waals surface area contributed by atoms with Crippen LogP contribution in [0.25, 0.3) is 0 Å². The van der Waals surface area contributed by atoms with Crippen LogP contribution in [-0.2, 0) is 16.5 Å². The second-order valence-corrected chi connectivity index (χ2v) is 8.03. The third-order valence-corrected chi connectivity index (χ3v) is 5.36. The van der Waals surface area contributed by atoms with Gasteiger partial charge in [0.05, 0.1) is 0 Å². The van der Waals surface area contributed by atoms with Gasteiger partial charge in [-0.1, -0.05) is 69.7 Å². The molecule has 0 bridgehead atoms. The molecule has 0 spiro atoms. The van der Waals surface area contributed by atoms with Crippen LogP contribution in [0.4, 0.5) is 0 Å². The van der Waals surface area contributed by atoms with Gasteiger partial charge in [0.1, 0.15) is 16.4 Å². The summed E-state index contributed by atoms with van der Waals surface area (Å²) in [5, 5.41) is 12.0. The maximum absolute atomic E-state index is 12.0. The average Bonchev–Trinajstić information content (AvgIpc) is 2.60.